The number of carboxylic acids is 1. The van der Waals surface area contributed by atoms with Gasteiger partial charge in [0.25, 0.3) is 5.91 Å². The molecule has 1 amide bonds. The van der Waals surface area contributed by atoms with Gasteiger partial charge in [-0.1, -0.05) is 0 Å². The molecule has 3 rings (SSSR count). The van der Waals surface area contributed by atoms with Crippen LogP contribution in [0.4, 0.5) is 0 Å². The van der Waals surface area contributed by atoms with Crippen LogP contribution in [0, 0.1) is 0 Å². The molecule has 2 aromatic rings. The first-order chi connectivity index (χ1) is 11.5. The molecule has 0 atom stereocenters. The molecule has 1 aliphatic rings. The van der Waals surface area contributed by atoms with Gasteiger partial charge in [-0.25, -0.2) is 0 Å². The number of hydrogen-bond donors (Lipinski definition) is 1. The average Bonchev–Trinajstić information content (AvgIpc) is 3.42. The second-order valence-corrected chi connectivity index (χ2v) is 6.12. The normalized spacial score (nSPS) is 13.8. The highest BCUT2D eigenvalue weighted by Gasteiger charge is 2.27. The molecular weight excluding hydrogens is 308 g/mol. The molecule has 1 aliphatic carbocycles. The van der Waals surface area contributed by atoms with Crippen LogP contribution in [-0.4, -0.2) is 47.6 Å². The number of aromatic nitrogens is 1. The van der Waals surface area contributed by atoms with E-state index in [0.29, 0.717) is 17.2 Å². The minimum absolute atomic E-state index is 0.0793. The quantitative estimate of drug-likeness (QED) is 0.882. The molecule has 6 nitrogen and oxygen atoms in total. The molecule has 1 N–H and O–H groups in total. The Bertz CT molecular complexity index is 799. The van der Waals surface area contributed by atoms with Gasteiger partial charge in [-0.2, -0.15) is 0 Å². The summed E-state index contributed by atoms with van der Waals surface area (Å²) in [6.07, 6.45) is 2.11. The summed E-state index contributed by atoms with van der Waals surface area (Å²) in [4.78, 5) is 29.7. The molecule has 6 heteroatoms. The van der Waals surface area contributed by atoms with Crippen molar-refractivity contribution >= 4 is 22.8 Å². The van der Waals surface area contributed by atoms with Gasteiger partial charge >= 0.3 is 5.97 Å². The van der Waals surface area contributed by atoms with Crippen LogP contribution >= 0.6 is 0 Å². The van der Waals surface area contributed by atoms with Crippen molar-refractivity contribution in [2.24, 2.45) is 0 Å². The molecular formula is C18H20N2O4. The van der Waals surface area contributed by atoms with Crippen molar-refractivity contribution in [2.75, 3.05) is 20.7 Å². The maximum Gasteiger partial charge on any atom is 0.305 e. The predicted octanol–water partition coefficient (Wildman–Crippen LogP) is 2.67. The molecule has 1 saturated carbocycles. The number of nitrogens with zero attached hydrogens (tertiary/aromatic N) is 2. The summed E-state index contributed by atoms with van der Waals surface area (Å²) < 4.78 is 5.26. The molecule has 0 spiro atoms. The van der Waals surface area contributed by atoms with Gasteiger partial charge in [-0.3, -0.25) is 14.6 Å². The number of benzene rings is 1. The van der Waals surface area contributed by atoms with Gasteiger partial charge in [0.1, 0.15) is 5.75 Å². The zero-order chi connectivity index (χ0) is 17.3. The first-order valence-electron chi connectivity index (χ1n) is 7.95. The molecule has 0 aliphatic heterocycles. The molecule has 0 saturated heterocycles. The van der Waals surface area contributed by atoms with Crippen molar-refractivity contribution in [3.05, 3.63) is 35.5 Å². The molecule has 0 bridgehead atoms. The third-order valence-corrected chi connectivity index (χ3v) is 4.27. The predicted molar refractivity (Wildman–Crippen MR) is 89.5 cm³/mol. The number of ether oxygens (including phenoxy) is 1. The fourth-order valence-corrected chi connectivity index (χ4v) is 2.69. The van der Waals surface area contributed by atoms with E-state index < -0.39 is 5.97 Å². The Labute approximate surface area is 140 Å². The third-order valence-electron chi connectivity index (χ3n) is 4.27. The molecule has 1 heterocycles. The van der Waals surface area contributed by atoms with Crippen LogP contribution in [0.2, 0.25) is 0 Å². The van der Waals surface area contributed by atoms with Crippen LogP contribution < -0.4 is 4.74 Å². The van der Waals surface area contributed by atoms with Crippen LogP contribution in [0.25, 0.3) is 10.9 Å². The highest BCUT2D eigenvalue weighted by molar-refractivity contribution is 6.06. The number of amides is 1. The fraction of sp³-hybridized carbons (Fsp3) is 0.389. The molecule has 1 aromatic heterocycles. The summed E-state index contributed by atoms with van der Waals surface area (Å²) in [7, 11) is 3.20. The lowest BCUT2D eigenvalue weighted by atomic mass is 10.0. The standard InChI is InChI=1S/C18H20N2O4/c1-20(8-7-17(21)22)18(23)14-10-16(11-3-4-11)19-15-6-5-12(24-2)9-13(14)15/h5-6,9-11H,3-4,7-8H2,1-2H3,(H,21,22). The van der Waals surface area contributed by atoms with Crippen LogP contribution in [0.15, 0.2) is 24.3 Å². The van der Waals surface area contributed by atoms with Crippen molar-refractivity contribution in [3.8, 4) is 5.75 Å². The van der Waals surface area contributed by atoms with Crippen LogP contribution in [0.1, 0.15) is 41.2 Å². The maximum atomic E-state index is 12.8. The van der Waals surface area contributed by atoms with Gasteiger partial charge in [-0.05, 0) is 37.1 Å². The van der Waals surface area contributed by atoms with Crippen molar-refractivity contribution in [3.63, 3.8) is 0 Å². The number of pyridine rings is 1. The number of carbonyl (C=O) groups excluding carboxylic acids is 1. The van der Waals surface area contributed by atoms with Crippen LogP contribution in [0.5, 0.6) is 5.75 Å². The Kier molecular flexibility index (Phi) is 4.38. The molecule has 0 unspecified atom stereocenters. The topological polar surface area (TPSA) is 79.7 Å². The van der Waals surface area contributed by atoms with Crippen molar-refractivity contribution in [1.29, 1.82) is 0 Å². The smallest absolute Gasteiger partial charge is 0.305 e. The van der Waals surface area contributed by atoms with Gasteiger partial charge in [0.2, 0.25) is 0 Å². The first kappa shape index (κ1) is 16.2. The Balaban J connectivity index is 2.02. The summed E-state index contributed by atoms with van der Waals surface area (Å²) in [6, 6.07) is 7.33. The van der Waals surface area contributed by atoms with Crippen LogP contribution in [0.3, 0.4) is 0 Å². The Morgan fingerprint density at radius 1 is 1.33 bits per heavy atom. The largest absolute Gasteiger partial charge is 0.497 e. The van der Waals surface area contributed by atoms with E-state index in [0.717, 1.165) is 29.4 Å². The molecule has 1 aromatic carbocycles. The highest BCUT2D eigenvalue weighted by Crippen LogP contribution is 2.40. The lowest BCUT2D eigenvalue weighted by molar-refractivity contribution is -0.137. The van der Waals surface area contributed by atoms with E-state index in [1.54, 1.807) is 20.2 Å². The number of methoxy groups -OCH3 is 1. The lowest BCUT2D eigenvalue weighted by Gasteiger charge is -2.18. The van der Waals surface area contributed by atoms with Gasteiger partial charge in [0.15, 0.2) is 0 Å². The number of fused-ring (bicyclic) bond motifs is 1. The van der Waals surface area contributed by atoms with Crippen LogP contribution in [-0.2, 0) is 4.79 Å². The van der Waals surface area contributed by atoms with E-state index in [2.05, 4.69) is 4.98 Å². The monoisotopic (exact) mass is 328 g/mol. The molecule has 126 valence electrons. The minimum atomic E-state index is -0.922. The molecule has 24 heavy (non-hydrogen) atoms. The lowest BCUT2D eigenvalue weighted by Crippen LogP contribution is -2.29. The Hall–Kier alpha value is -2.63. The molecule has 1 fully saturated rings. The number of rotatable bonds is 6. The van der Waals surface area contributed by atoms with E-state index in [1.165, 1.54) is 4.90 Å². The second kappa shape index (κ2) is 6.47. The SMILES string of the molecule is COc1ccc2nc(C3CC3)cc(C(=O)N(C)CCC(=O)O)c2c1. The van der Waals surface area contributed by atoms with E-state index in [9.17, 15) is 9.59 Å². The first-order valence-corrected chi connectivity index (χ1v) is 7.95. The van der Waals surface area contributed by atoms with Gasteiger partial charge in [0.05, 0.1) is 24.6 Å². The Morgan fingerprint density at radius 3 is 2.71 bits per heavy atom. The number of carbonyl (C=O) groups is 2. The minimum Gasteiger partial charge on any atom is -0.497 e. The third kappa shape index (κ3) is 3.32. The zero-order valence-corrected chi connectivity index (χ0v) is 13.8. The second-order valence-electron chi connectivity index (χ2n) is 6.12. The summed E-state index contributed by atoms with van der Waals surface area (Å²) >= 11 is 0. The number of aliphatic carboxylic acids is 1. The van der Waals surface area contributed by atoms with E-state index in [4.69, 9.17) is 9.84 Å². The Morgan fingerprint density at radius 2 is 2.08 bits per heavy atom. The maximum absolute atomic E-state index is 12.8. The molecule has 0 radical (unpaired) electrons. The summed E-state index contributed by atoms with van der Waals surface area (Å²) in [5, 5.41) is 9.54. The van der Waals surface area contributed by atoms with Gasteiger partial charge in [-0.15, -0.1) is 0 Å². The van der Waals surface area contributed by atoms with Crippen molar-refractivity contribution in [1.82, 2.24) is 9.88 Å². The number of hydrogen-bond acceptors (Lipinski definition) is 4. The van der Waals surface area contributed by atoms with E-state index >= 15 is 0 Å². The number of carboxylic acid groups (broad SMARTS) is 1. The van der Waals surface area contributed by atoms with E-state index in [-0.39, 0.29) is 18.9 Å². The van der Waals surface area contributed by atoms with E-state index in [1.807, 2.05) is 18.2 Å². The van der Waals surface area contributed by atoms with Gasteiger partial charge < -0.3 is 14.7 Å². The average molecular weight is 328 g/mol. The fourth-order valence-electron chi connectivity index (χ4n) is 2.69. The summed E-state index contributed by atoms with van der Waals surface area (Å²) in [5.41, 5.74) is 2.24. The van der Waals surface area contributed by atoms with Crippen molar-refractivity contribution < 1.29 is 19.4 Å². The van der Waals surface area contributed by atoms with Crippen molar-refractivity contribution in [2.45, 2.75) is 25.2 Å². The zero-order valence-electron chi connectivity index (χ0n) is 13.8. The van der Waals surface area contributed by atoms with Gasteiger partial charge in [0, 0.05) is 30.6 Å². The highest BCUT2D eigenvalue weighted by atomic mass is 16.5. The summed E-state index contributed by atoms with van der Waals surface area (Å²) in [5.74, 6) is -0.0357. The summed E-state index contributed by atoms with van der Waals surface area (Å²) in [6.45, 7) is 0.167.